The highest BCUT2D eigenvalue weighted by Gasteiger charge is 2.40. The van der Waals surface area contributed by atoms with Gasteiger partial charge in [-0.2, -0.15) is 0 Å². The Kier molecular flexibility index (Phi) is 5.35. The van der Waals surface area contributed by atoms with Crippen molar-refractivity contribution in [3.63, 3.8) is 0 Å². The van der Waals surface area contributed by atoms with Gasteiger partial charge >= 0.3 is 0 Å². The number of nitrogens with zero attached hydrogens (tertiary/aromatic N) is 1. The highest BCUT2D eigenvalue weighted by atomic mass is 16.5. The second-order valence-corrected chi connectivity index (χ2v) is 8.37. The number of hydrogen-bond donors (Lipinski definition) is 1. The van der Waals surface area contributed by atoms with Gasteiger partial charge in [-0.3, -0.25) is 4.90 Å². The minimum atomic E-state index is 0.0242. The Bertz CT molecular complexity index is 334. The summed E-state index contributed by atoms with van der Waals surface area (Å²) in [7, 11) is 1.85. The summed E-state index contributed by atoms with van der Waals surface area (Å²) in [5, 5.41) is 3.69. The Morgan fingerprint density at radius 1 is 1.29 bits per heavy atom. The van der Waals surface area contributed by atoms with Crippen molar-refractivity contribution in [1.29, 1.82) is 0 Å². The number of ether oxygens (including phenoxy) is 2. The zero-order chi connectivity index (χ0) is 15.6. The average molecular weight is 298 g/mol. The summed E-state index contributed by atoms with van der Waals surface area (Å²) in [6.45, 7) is 15.1. The molecule has 0 aromatic carbocycles. The normalized spacial score (nSPS) is 35.3. The standard InChI is InChI=1S/C17H34N2O2/c1-15(2,3)18-11-17(8-10-21-14-17)13-19-9-6-7-16(4,12-19)20-5/h18H,6-14H2,1-5H3. The summed E-state index contributed by atoms with van der Waals surface area (Å²) in [5.74, 6) is 0. The average Bonchev–Trinajstić information content (AvgIpc) is 2.85. The maximum absolute atomic E-state index is 5.75. The molecule has 2 atom stereocenters. The first-order valence-electron chi connectivity index (χ1n) is 8.36. The second-order valence-electron chi connectivity index (χ2n) is 8.37. The van der Waals surface area contributed by atoms with E-state index in [0.717, 1.165) is 39.3 Å². The molecule has 2 fully saturated rings. The number of likely N-dealkylation sites (tertiary alicyclic amines) is 1. The van der Waals surface area contributed by atoms with E-state index in [4.69, 9.17) is 9.47 Å². The van der Waals surface area contributed by atoms with Gasteiger partial charge in [0.05, 0.1) is 12.2 Å². The summed E-state index contributed by atoms with van der Waals surface area (Å²) in [6, 6.07) is 0. The van der Waals surface area contributed by atoms with Crippen LogP contribution < -0.4 is 5.32 Å². The van der Waals surface area contributed by atoms with Crippen LogP contribution in [0.5, 0.6) is 0 Å². The maximum Gasteiger partial charge on any atom is 0.0777 e. The minimum absolute atomic E-state index is 0.0242. The van der Waals surface area contributed by atoms with Gasteiger partial charge in [-0.1, -0.05) is 0 Å². The fourth-order valence-electron chi connectivity index (χ4n) is 3.51. The Morgan fingerprint density at radius 3 is 2.62 bits per heavy atom. The first-order valence-corrected chi connectivity index (χ1v) is 8.36. The lowest BCUT2D eigenvalue weighted by molar-refractivity contribution is -0.0600. The Balaban J connectivity index is 1.96. The Labute approximate surface area is 130 Å². The third kappa shape index (κ3) is 4.92. The van der Waals surface area contributed by atoms with E-state index in [1.807, 2.05) is 7.11 Å². The van der Waals surface area contributed by atoms with Gasteiger partial charge in [-0.25, -0.2) is 0 Å². The molecule has 21 heavy (non-hydrogen) atoms. The van der Waals surface area contributed by atoms with Gasteiger partial charge in [0.25, 0.3) is 0 Å². The van der Waals surface area contributed by atoms with Gasteiger partial charge in [0.15, 0.2) is 0 Å². The van der Waals surface area contributed by atoms with E-state index in [2.05, 4.69) is 37.9 Å². The zero-order valence-electron chi connectivity index (χ0n) is 14.6. The number of nitrogens with one attached hydrogen (secondary N) is 1. The van der Waals surface area contributed by atoms with Crippen molar-refractivity contribution < 1.29 is 9.47 Å². The first kappa shape index (κ1) is 17.2. The van der Waals surface area contributed by atoms with Crippen molar-refractivity contribution in [3.05, 3.63) is 0 Å². The smallest absolute Gasteiger partial charge is 0.0777 e. The summed E-state index contributed by atoms with van der Waals surface area (Å²) >= 11 is 0. The van der Waals surface area contributed by atoms with Crippen molar-refractivity contribution in [2.75, 3.05) is 46.5 Å². The van der Waals surface area contributed by atoms with E-state index in [1.165, 1.54) is 19.4 Å². The molecule has 4 nitrogen and oxygen atoms in total. The maximum atomic E-state index is 5.75. The Hall–Kier alpha value is -0.160. The van der Waals surface area contributed by atoms with Crippen molar-refractivity contribution in [1.82, 2.24) is 10.2 Å². The van der Waals surface area contributed by atoms with Crippen LogP contribution in [0.3, 0.4) is 0 Å². The van der Waals surface area contributed by atoms with Gasteiger partial charge in [-0.15, -0.1) is 0 Å². The number of methoxy groups -OCH3 is 1. The van der Waals surface area contributed by atoms with Crippen molar-refractivity contribution in [2.45, 2.75) is 58.1 Å². The van der Waals surface area contributed by atoms with E-state index < -0.39 is 0 Å². The van der Waals surface area contributed by atoms with E-state index in [9.17, 15) is 0 Å². The molecule has 0 radical (unpaired) electrons. The number of piperidine rings is 1. The Morgan fingerprint density at radius 2 is 2.05 bits per heavy atom. The molecule has 2 aliphatic heterocycles. The van der Waals surface area contributed by atoms with Crippen LogP contribution in [-0.4, -0.2) is 62.5 Å². The van der Waals surface area contributed by atoms with E-state index in [0.29, 0.717) is 0 Å². The van der Waals surface area contributed by atoms with Crippen LogP contribution in [0.1, 0.15) is 47.0 Å². The van der Waals surface area contributed by atoms with E-state index in [-0.39, 0.29) is 16.6 Å². The molecule has 2 saturated heterocycles. The highest BCUT2D eigenvalue weighted by molar-refractivity contribution is 4.93. The topological polar surface area (TPSA) is 33.7 Å². The molecular formula is C17H34N2O2. The van der Waals surface area contributed by atoms with Crippen LogP contribution >= 0.6 is 0 Å². The van der Waals surface area contributed by atoms with Gasteiger partial charge in [-0.05, 0) is 53.5 Å². The van der Waals surface area contributed by atoms with Gasteiger partial charge < -0.3 is 14.8 Å². The van der Waals surface area contributed by atoms with Crippen LogP contribution in [0.2, 0.25) is 0 Å². The lowest BCUT2D eigenvalue weighted by atomic mass is 9.84. The summed E-state index contributed by atoms with van der Waals surface area (Å²) in [6.07, 6.45) is 3.56. The van der Waals surface area contributed by atoms with E-state index in [1.54, 1.807) is 0 Å². The molecule has 2 rings (SSSR count). The molecular weight excluding hydrogens is 264 g/mol. The fourth-order valence-corrected chi connectivity index (χ4v) is 3.51. The molecule has 2 unspecified atom stereocenters. The predicted molar refractivity (Wildman–Crippen MR) is 86.7 cm³/mol. The third-order valence-electron chi connectivity index (χ3n) is 4.97. The zero-order valence-corrected chi connectivity index (χ0v) is 14.6. The summed E-state index contributed by atoms with van der Waals surface area (Å²) < 4.78 is 11.5. The van der Waals surface area contributed by atoms with Crippen LogP contribution in [0.25, 0.3) is 0 Å². The summed E-state index contributed by atoms with van der Waals surface area (Å²) in [5.41, 5.74) is 0.453. The molecule has 2 heterocycles. The fraction of sp³-hybridized carbons (Fsp3) is 1.00. The lowest BCUT2D eigenvalue weighted by Crippen LogP contribution is -2.54. The number of rotatable bonds is 5. The van der Waals surface area contributed by atoms with Gasteiger partial charge in [0.1, 0.15) is 0 Å². The molecule has 0 aromatic heterocycles. The van der Waals surface area contributed by atoms with E-state index >= 15 is 0 Å². The molecule has 0 amide bonds. The second kappa shape index (κ2) is 6.53. The molecule has 1 N–H and O–H groups in total. The SMILES string of the molecule is COC1(C)CCCN(CC2(CNC(C)(C)C)CCOC2)C1. The van der Waals surface area contributed by atoms with Gasteiger partial charge in [0, 0.05) is 44.3 Å². The molecule has 0 saturated carbocycles. The molecule has 4 heteroatoms. The third-order valence-corrected chi connectivity index (χ3v) is 4.97. The number of hydrogen-bond acceptors (Lipinski definition) is 4. The summed E-state index contributed by atoms with van der Waals surface area (Å²) in [4.78, 5) is 2.59. The molecule has 0 aliphatic carbocycles. The van der Waals surface area contributed by atoms with Crippen LogP contribution in [0.15, 0.2) is 0 Å². The molecule has 0 aromatic rings. The van der Waals surface area contributed by atoms with Crippen molar-refractivity contribution >= 4 is 0 Å². The first-order chi connectivity index (χ1) is 9.76. The largest absolute Gasteiger partial charge is 0.381 e. The highest BCUT2D eigenvalue weighted by Crippen LogP contribution is 2.32. The minimum Gasteiger partial charge on any atom is -0.381 e. The monoisotopic (exact) mass is 298 g/mol. The quantitative estimate of drug-likeness (QED) is 0.844. The predicted octanol–water partition coefficient (Wildman–Crippen LogP) is 2.28. The van der Waals surface area contributed by atoms with Crippen molar-refractivity contribution in [2.24, 2.45) is 5.41 Å². The molecule has 0 bridgehead atoms. The van der Waals surface area contributed by atoms with Crippen LogP contribution in [0, 0.1) is 5.41 Å². The van der Waals surface area contributed by atoms with Crippen LogP contribution in [-0.2, 0) is 9.47 Å². The lowest BCUT2D eigenvalue weighted by Gasteiger charge is -2.43. The van der Waals surface area contributed by atoms with Crippen molar-refractivity contribution in [3.8, 4) is 0 Å². The molecule has 0 spiro atoms. The molecule has 2 aliphatic rings. The van der Waals surface area contributed by atoms with Gasteiger partial charge in [0.2, 0.25) is 0 Å². The molecule has 124 valence electrons. The van der Waals surface area contributed by atoms with Crippen LogP contribution in [0.4, 0.5) is 0 Å².